The van der Waals surface area contributed by atoms with Crippen LogP contribution in [0.3, 0.4) is 0 Å². The molecule has 4 heteroatoms. The Morgan fingerprint density at radius 1 is 0.308 bits per heavy atom. The van der Waals surface area contributed by atoms with E-state index in [0.717, 1.165) is 82.9 Å². The lowest BCUT2D eigenvalue weighted by atomic mass is 9.92. The Balaban J connectivity index is 1.28. The molecule has 3 aromatic heterocycles. The summed E-state index contributed by atoms with van der Waals surface area (Å²) in [5, 5.41) is 6.83. The predicted octanol–water partition coefficient (Wildman–Crippen LogP) is 12.2. The van der Waals surface area contributed by atoms with E-state index in [1.54, 1.807) is 0 Å². The van der Waals surface area contributed by atoms with Gasteiger partial charge < -0.3 is 0 Å². The van der Waals surface area contributed by atoms with E-state index in [1.807, 2.05) is 24.5 Å². The molecule has 10 aromatic rings. The third-order valence-corrected chi connectivity index (χ3v) is 9.97. The molecule has 0 spiro atoms. The molecule has 0 saturated heterocycles. The molecule has 0 N–H and O–H groups in total. The van der Waals surface area contributed by atoms with Gasteiger partial charge >= 0.3 is 0 Å². The van der Waals surface area contributed by atoms with Crippen LogP contribution in [0.5, 0.6) is 0 Å². The van der Waals surface area contributed by atoms with Crippen LogP contribution < -0.4 is 0 Å². The van der Waals surface area contributed by atoms with Crippen LogP contribution in [0.4, 0.5) is 0 Å². The van der Waals surface area contributed by atoms with Gasteiger partial charge in [0.15, 0.2) is 5.82 Å². The Hall–Kier alpha value is -7.04. The number of hydrogen-bond acceptors (Lipinski definition) is 4. The summed E-state index contributed by atoms with van der Waals surface area (Å²) in [7, 11) is 0. The van der Waals surface area contributed by atoms with E-state index in [2.05, 4.69) is 168 Å². The molecular formula is C48H30N4. The Labute approximate surface area is 300 Å². The van der Waals surface area contributed by atoms with E-state index < -0.39 is 0 Å². The van der Waals surface area contributed by atoms with Gasteiger partial charge in [-0.25, -0.2) is 9.97 Å². The number of benzene rings is 7. The second kappa shape index (κ2) is 12.4. The summed E-state index contributed by atoms with van der Waals surface area (Å²) in [5.74, 6) is 0.660. The van der Waals surface area contributed by atoms with Crippen molar-refractivity contribution in [2.75, 3.05) is 0 Å². The van der Waals surface area contributed by atoms with Crippen molar-refractivity contribution >= 4 is 43.4 Å². The first-order chi connectivity index (χ1) is 25.8. The van der Waals surface area contributed by atoms with Crippen LogP contribution >= 0.6 is 0 Å². The number of fused-ring (bicyclic) bond motifs is 4. The third kappa shape index (κ3) is 5.17. The van der Waals surface area contributed by atoms with Gasteiger partial charge in [-0.1, -0.05) is 121 Å². The zero-order chi connectivity index (χ0) is 34.4. The minimum atomic E-state index is 0.660. The topological polar surface area (TPSA) is 51.6 Å². The number of nitrogens with zero attached hydrogens (tertiary/aromatic N) is 4. The maximum Gasteiger partial charge on any atom is 0.160 e. The molecule has 10 rings (SSSR count). The number of para-hydroxylation sites is 2. The quantitative estimate of drug-likeness (QED) is 0.184. The highest BCUT2D eigenvalue weighted by Crippen LogP contribution is 2.39. The minimum absolute atomic E-state index is 0.660. The molecule has 0 aliphatic heterocycles. The average molecular weight is 663 g/mol. The predicted molar refractivity (Wildman–Crippen MR) is 215 cm³/mol. The van der Waals surface area contributed by atoms with E-state index in [9.17, 15) is 0 Å². The van der Waals surface area contributed by atoms with Gasteiger partial charge in [0.05, 0.1) is 22.4 Å². The summed E-state index contributed by atoms with van der Waals surface area (Å²) < 4.78 is 0. The fraction of sp³-hybridized carbons (Fsp3) is 0. The van der Waals surface area contributed by atoms with Gasteiger partial charge in [-0.2, -0.15) is 0 Å². The Morgan fingerprint density at radius 2 is 0.731 bits per heavy atom. The lowest BCUT2D eigenvalue weighted by molar-refractivity contribution is 1.19. The Kier molecular flexibility index (Phi) is 7.10. The molecule has 0 atom stereocenters. The molecule has 0 saturated carbocycles. The summed E-state index contributed by atoms with van der Waals surface area (Å²) >= 11 is 0. The van der Waals surface area contributed by atoms with Gasteiger partial charge in [-0.3, -0.25) is 9.97 Å². The third-order valence-electron chi connectivity index (χ3n) is 9.97. The van der Waals surface area contributed by atoms with Crippen LogP contribution in [0, 0.1) is 0 Å². The molecule has 0 unspecified atom stereocenters. The van der Waals surface area contributed by atoms with Crippen LogP contribution in [-0.2, 0) is 0 Å². The number of pyridine rings is 2. The van der Waals surface area contributed by atoms with Gasteiger partial charge in [-0.05, 0) is 92.3 Å². The summed E-state index contributed by atoms with van der Waals surface area (Å²) in [6.45, 7) is 0. The van der Waals surface area contributed by atoms with Crippen molar-refractivity contribution in [3.05, 3.63) is 182 Å². The summed E-state index contributed by atoms with van der Waals surface area (Å²) in [4.78, 5) is 20.1. The maximum absolute atomic E-state index is 5.39. The summed E-state index contributed by atoms with van der Waals surface area (Å²) in [6.07, 6.45) is 3.78. The van der Waals surface area contributed by atoms with Crippen LogP contribution in [0.25, 0.3) is 99.5 Å². The normalized spacial score (nSPS) is 11.5. The first kappa shape index (κ1) is 29.8. The Bertz CT molecular complexity index is 2560. The minimum Gasteiger partial charge on any atom is -0.256 e. The molecule has 7 aromatic carbocycles. The molecule has 0 aliphatic carbocycles. The lowest BCUT2D eigenvalue weighted by Crippen LogP contribution is -1.98. The molecule has 0 radical (unpaired) electrons. The molecular weight excluding hydrogens is 633 g/mol. The largest absolute Gasteiger partial charge is 0.256 e. The molecule has 52 heavy (non-hydrogen) atoms. The average Bonchev–Trinajstić information content (AvgIpc) is 3.22. The zero-order valence-electron chi connectivity index (χ0n) is 28.1. The molecule has 4 nitrogen and oxygen atoms in total. The first-order valence-corrected chi connectivity index (χ1v) is 17.5. The highest BCUT2D eigenvalue weighted by molar-refractivity contribution is 6.01. The fourth-order valence-corrected chi connectivity index (χ4v) is 7.51. The second-order valence-corrected chi connectivity index (χ2v) is 13.1. The molecule has 0 fully saturated rings. The molecule has 3 heterocycles. The highest BCUT2D eigenvalue weighted by atomic mass is 14.9. The van der Waals surface area contributed by atoms with E-state index >= 15 is 0 Å². The maximum atomic E-state index is 5.39. The molecule has 0 amide bonds. The van der Waals surface area contributed by atoms with Crippen LogP contribution in [-0.4, -0.2) is 19.9 Å². The fourth-order valence-electron chi connectivity index (χ4n) is 7.51. The van der Waals surface area contributed by atoms with Crippen molar-refractivity contribution in [2.24, 2.45) is 0 Å². The van der Waals surface area contributed by atoms with E-state index in [0.29, 0.717) is 5.82 Å². The van der Waals surface area contributed by atoms with Crippen molar-refractivity contribution in [3.8, 4) is 56.2 Å². The zero-order valence-corrected chi connectivity index (χ0v) is 28.1. The molecule has 242 valence electrons. The number of aromatic nitrogens is 4. The van der Waals surface area contributed by atoms with E-state index in [4.69, 9.17) is 9.97 Å². The smallest absolute Gasteiger partial charge is 0.160 e. The van der Waals surface area contributed by atoms with Crippen LogP contribution in [0.2, 0.25) is 0 Å². The summed E-state index contributed by atoms with van der Waals surface area (Å²) in [5.41, 5.74) is 11.1. The second-order valence-electron chi connectivity index (χ2n) is 13.1. The van der Waals surface area contributed by atoms with Crippen molar-refractivity contribution in [2.45, 2.75) is 0 Å². The number of hydrogen-bond donors (Lipinski definition) is 0. The standard InChI is InChI=1S/C48H30N4/c1-3-15-36-31(11-1)13-9-19-42(36)46-30-47(43-20-10-14-32-12-2-4-16-37(32)43)52-48(51-46)35-28-33(38-23-25-49-44-21-7-5-17-40(38)44)27-34(29-35)39-24-26-50-45-22-8-6-18-41(39)45/h1-30H. The molecule has 0 bridgehead atoms. The monoisotopic (exact) mass is 662 g/mol. The van der Waals surface area contributed by atoms with Crippen LogP contribution in [0.1, 0.15) is 0 Å². The first-order valence-electron chi connectivity index (χ1n) is 17.5. The van der Waals surface area contributed by atoms with Gasteiger partial charge in [0, 0.05) is 39.9 Å². The van der Waals surface area contributed by atoms with Crippen molar-refractivity contribution in [3.63, 3.8) is 0 Å². The molecule has 0 aliphatic rings. The van der Waals surface area contributed by atoms with Gasteiger partial charge in [0.25, 0.3) is 0 Å². The van der Waals surface area contributed by atoms with E-state index in [1.165, 1.54) is 10.8 Å². The Morgan fingerprint density at radius 3 is 1.25 bits per heavy atom. The number of rotatable bonds is 5. The lowest BCUT2D eigenvalue weighted by Gasteiger charge is -2.15. The van der Waals surface area contributed by atoms with Crippen molar-refractivity contribution < 1.29 is 0 Å². The van der Waals surface area contributed by atoms with Crippen molar-refractivity contribution in [1.82, 2.24) is 19.9 Å². The van der Waals surface area contributed by atoms with Gasteiger partial charge in [0.1, 0.15) is 0 Å². The van der Waals surface area contributed by atoms with E-state index in [-0.39, 0.29) is 0 Å². The van der Waals surface area contributed by atoms with Gasteiger partial charge in [-0.15, -0.1) is 0 Å². The SMILES string of the molecule is c1ccc2c(-c3cc(-c4cccc5ccccc45)nc(-c4cc(-c5ccnc6ccccc56)cc(-c5ccnc6ccccc56)c4)n3)cccc2c1. The highest BCUT2D eigenvalue weighted by Gasteiger charge is 2.17. The van der Waals surface area contributed by atoms with Crippen LogP contribution in [0.15, 0.2) is 182 Å². The van der Waals surface area contributed by atoms with Crippen molar-refractivity contribution in [1.29, 1.82) is 0 Å². The van der Waals surface area contributed by atoms with Gasteiger partial charge in [0.2, 0.25) is 0 Å². The summed E-state index contributed by atoms with van der Waals surface area (Å²) in [6, 6.07) is 59.5.